The zero-order valence-corrected chi connectivity index (χ0v) is 13.8. The second kappa shape index (κ2) is 6.46. The Balaban J connectivity index is 1.72. The maximum Gasteiger partial charge on any atom is 0.238 e. The van der Waals surface area contributed by atoms with Crippen molar-refractivity contribution in [1.29, 1.82) is 0 Å². The van der Waals surface area contributed by atoms with Crippen molar-refractivity contribution in [3.63, 3.8) is 0 Å². The van der Waals surface area contributed by atoms with Crippen LogP contribution < -0.4 is 10.6 Å². The molecule has 2 amide bonds. The van der Waals surface area contributed by atoms with Crippen LogP contribution in [0.4, 0.5) is 11.4 Å². The van der Waals surface area contributed by atoms with Gasteiger partial charge in [-0.2, -0.15) is 0 Å². The third kappa shape index (κ3) is 3.40. The minimum Gasteiger partial charge on any atom is -0.326 e. The fraction of sp³-hybridized carbons (Fsp3) is 0.222. The molecule has 5 heteroatoms. The second-order valence-corrected chi connectivity index (χ2v) is 6.85. The van der Waals surface area contributed by atoms with Gasteiger partial charge in [-0.1, -0.05) is 36.8 Å². The van der Waals surface area contributed by atoms with Crippen molar-refractivity contribution in [2.75, 3.05) is 10.6 Å². The molecule has 2 aromatic carbocycles. The largest absolute Gasteiger partial charge is 0.326 e. The molecule has 4 nitrogen and oxygen atoms in total. The van der Waals surface area contributed by atoms with Gasteiger partial charge in [0, 0.05) is 10.6 Å². The lowest BCUT2D eigenvalue weighted by Crippen LogP contribution is -2.39. The van der Waals surface area contributed by atoms with Gasteiger partial charge >= 0.3 is 0 Å². The summed E-state index contributed by atoms with van der Waals surface area (Å²) in [5, 5.41) is 5.32. The Kier molecular flexibility index (Phi) is 4.39. The van der Waals surface area contributed by atoms with Crippen LogP contribution in [0.1, 0.15) is 12.5 Å². The Morgan fingerprint density at radius 1 is 1.17 bits per heavy atom. The number of amides is 2. The van der Waals surface area contributed by atoms with E-state index < -0.39 is 11.2 Å². The highest BCUT2D eigenvalue weighted by Crippen LogP contribution is 2.38. The topological polar surface area (TPSA) is 58.2 Å². The minimum absolute atomic E-state index is 0.125. The van der Waals surface area contributed by atoms with Gasteiger partial charge < -0.3 is 10.6 Å². The number of hydrogen-bond donors (Lipinski definition) is 2. The van der Waals surface area contributed by atoms with Crippen LogP contribution in [0.5, 0.6) is 0 Å². The number of hydrogen-bond acceptors (Lipinski definition) is 3. The Labute approximate surface area is 139 Å². The molecular weight excluding hydrogens is 308 g/mol. The van der Waals surface area contributed by atoms with Gasteiger partial charge in [-0.3, -0.25) is 9.59 Å². The van der Waals surface area contributed by atoms with Crippen molar-refractivity contribution in [2.45, 2.75) is 24.0 Å². The minimum atomic E-state index is -0.436. The number of benzene rings is 2. The summed E-state index contributed by atoms with van der Waals surface area (Å²) in [5.41, 5.74) is 2.69. The van der Waals surface area contributed by atoms with Crippen LogP contribution in [0.3, 0.4) is 0 Å². The van der Waals surface area contributed by atoms with Crippen LogP contribution in [0.15, 0.2) is 53.4 Å². The summed E-state index contributed by atoms with van der Waals surface area (Å²) in [4.78, 5) is 25.7. The van der Waals surface area contributed by atoms with E-state index in [-0.39, 0.29) is 11.8 Å². The molecule has 0 aromatic heterocycles. The third-order valence-electron chi connectivity index (χ3n) is 3.84. The van der Waals surface area contributed by atoms with Gasteiger partial charge in [0.15, 0.2) is 0 Å². The van der Waals surface area contributed by atoms with E-state index in [4.69, 9.17) is 0 Å². The smallest absolute Gasteiger partial charge is 0.238 e. The molecule has 0 bridgehead atoms. The van der Waals surface area contributed by atoms with Gasteiger partial charge in [0.2, 0.25) is 11.8 Å². The molecule has 0 aliphatic carbocycles. The molecule has 2 aromatic rings. The van der Waals surface area contributed by atoms with Gasteiger partial charge in [-0.05, 0) is 31.2 Å². The first kappa shape index (κ1) is 15.6. The molecule has 23 heavy (non-hydrogen) atoms. The van der Waals surface area contributed by atoms with Gasteiger partial charge in [-0.25, -0.2) is 0 Å². The Morgan fingerprint density at radius 3 is 2.61 bits per heavy atom. The molecule has 3 rings (SSSR count). The van der Waals surface area contributed by atoms with Gasteiger partial charge in [0.1, 0.15) is 0 Å². The molecule has 0 saturated heterocycles. The monoisotopic (exact) mass is 326 g/mol. The van der Waals surface area contributed by atoms with Gasteiger partial charge in [0.05, 0.1) is 16.9 Å². The fourth-order valence-corrected chi connectivity index (χ4v) is 3.60. The summed E-state index contributed by atoms with van der Waals surface area (Å²) in [5.74, 6) is -0.712. The quantitative estimate of drug-likeness (QED) is 0.904. The van der Waals surface area contributed by atoms with Crippen molar-refractivity contribution in [2.24, 2.45) is 5.92 Å². The van der Waals surface area contributed by atoms with E-state index in [9.17, 15) is 9.59 Å². The van der Waals surface area contributed by atoms with E-state index >= 15 is 0 Å². The molecule has 2 unspecified atom stereocenters. The number of anilines is 2. The highest BCUT2D eigenvalue weighted by molar-refractivity contribution is 8.01. The molecule has 1 aliphatic heterocycles. The highest BCUT2D eigenvalue weighted by atomic mass is 32.2. The fourth-order valence-electron chi connectivity index (χ4n) is 2.43. The molecule has 0 saturated carbocycles. The standard InChI is InChI=1S/C18H18N2O2S/c1-11-7-9-13(10-8-11)19-17(21)12(2)16-18(22)20-14-5-3-4-6-15(14)23-16/h3-10,12,16H,1-2H3,(H,19,21)(H,20,22). The number of carbonyl (C=O) groups is 2. The predicted octanol–water partition coefficient (Wildman–Crippen LogP) is 3.68. The Morgan fingerprint density at radius 2 is 1.87 bits per heavy atom. The van der Waals surface area contributed by atoms with Crippen LogP contribution in [0, 0.1) is 12.8 Å². The van der Waals surface area contributed by atoms with Gasteiger partial charge in [0.25, 0.3) is 0 Å². The number of nitrogens with one attached hydrogen (secondary N) is 2. The van der Waals surface area contributed by atoms with Crippen LogP contribution in [-0.4, -0.2) is 17.1 Å². The molecule has 2 atom stereocenters. The summed E-state index contributed by atoms with van der Waals surface area (Å²) >= 11 is 1.44. The van der Waals surface area contributed by atoms with Crippen LogP contribution >= 0.6 is 11.8 Å². The number of fused-ring (bicyclic) bond motifs is 1. The Bertz CT molecular complexity index is 743. The third-order valence-corrected chi connectivity index (χ3v) is 5.33. The first-order valence-electron chi connectivity index (χ1n) is 7.48. The molecular formula is C18H18N2O2S. The van der Waals surface area contributed by atoms with Crippen molar-refractivity contribution in [3.05, 3.63) is 54.1 Å². The number of carbonyl (C=O) groups excluding carboxylic acids is 2. The van der Waals surface area contributed by atoms with Crippen LogP contribution in [-0.2, 0) is 9.59 Å². The maximum absolute atomic E-state index is 12.4. The van der Waals surface area contributed by atoms with E-state index in [2.05, 4.69) is 10.6 Å². The average Bonchev–Trinajstić information content (AvgIpc) is 2.55. The summed E-state index contributed by atoms with van der Waals surface area (Å²) in [6.07, 6.45) is 0. The zero-order valence-electron chi connectivity index (χ0n) is 13.0. The van der Waals surface area contributed by atoms with Crippen LogP contribution in [0.25, 0.3) is 0 Å². The summed E-state index contributed by atoms with van der Waals surface area (Å²) in [6, 6.07) is 15.2. The predicted molar refractivity (Wildman–Crippen MR) is 93.7 cm³/mol. The van der Waals surface area contributed by atoms with Crippen molar-refractivity contribution >= 4 is 35.0 Å². The van der Waals surface area contributed by atoms with Crippen molar-refractivity contribution in [3.8, 4) is 0 Å². The lowest BCUT2D eigenvalue weighted by Gasteiger charge is -2.27. The zero-order chi connectivity index (χ0) is 16.4. The second-order valence-electron chi connectivity index (χ2n) is 5.67. The lowest BCUT2D eigenvalue weighted by atomic mass is 10.1. The lowest BCUT2D eigenvalue weighted by molar-refractivity contribution is -0.123. The van der Waals surface area contributed by atoms with E-state index in [1.165, 1.54) is 11.8 Å². The molecule has 1 heterocycles. The molecule has 0 fully saturated rings. The number of para-hydroxylation sites is 1. The van der Waals surface area contributed by atoms with Crippen LogP contribution in [0.2, 0.25) is 0 Å². The number of rotatable bonds is 3. The van der Waals surface area contributed by atoms with Crippen molar-refractivity contribution < 1.29 is 9.59 Å². The molecule has 118 valence electrons. The van der Waals surface area contributed by atoms with E-state index in [1.807, 2.05) is 55.5 Å². The Hall–Kier alpha value is -2.27. The summed E-state index contributed by atoms with van der Waals surface area (Å²) < 4.78 is 0. The highest BCUT2D eigenvalue weighted by Gasteiger charge is 2.35. The van der Waals surface area contributed by atoms with E-state index in [1.54, 1.807) is 6.92 Å². The maximum atomic E-state index is 12.4. The van der Waals surface area contributed by atoms with E-state index in [0.717, 1.165) is 21.8 Å². The normalized spacial score (nSPS) is 17.8. The molecule has 0 radical (unpaired) electrons. The molecule has 0 spiro atoms. The van der Waals surface area contributed by atoms with E-state index in [0.29, 0.717) is 0 Å². The molecule has 1 aliphatic rings. The SMILES string of the molecule is Cc1ccc(NC(=O)C(C)C2Sc3ccccc3NC2=O)cc1. The number of aryl methyl sites for hydroxylation is 1. The summed E-state index contributed by atoms with van der Waals surface area (Å²) in [6.45, 7) is 3.78. The van der Waals surface area contributed by atoms with Gasteiger partial charge in [-0.15, -0.1) is 11.8 Å². The number of thioether (sulfide) groups is 1. The van der Waals surface area contributed by atoms with Crippen molar-refractivity contribution in [1.82, 2.24) is 0 Å². The average molecular weight is 326 g/mol. The molecule has 2 N–H and O–H groups in total. The summed E-state index contributed by atoms with van der Waals surface area (Å²) in [7, 11) is 0. The first-order valence-corrected chi connectivity index (χ1v) is 8.36. The first-order chi connectivity index (χ1) is 11.0.